The van der Waals surface area contributed by atoms with E-state index in [1.807, 2.05) is 78.7 Å². The van der Waals surface area contributed by atoms with Crippen LogP contribution >= 0.6 is 11.3 Å². The summed E-state index contributed by atoms with van der Waals surface area (Å²) in [4.78, 5) is 19.3. The molecule has 5 nitrogen and oxygen atoms in total. The first kappa shape index (κ1) is 17.3. The number of aromatic nitrogens is 1. The number of anilines is 2. The molecule has 0 amide bonds. The lowest BCUT2D eigenvalue weighted by Gasteiger charge is -2.25. The molecule has 4 rings (SSSR count). The Bertz CT molecular complexity index is 1100. The largest absolute Gasteiger partial charge is 0.457 e. The fourth-order valence-corrected chi connectivity index (χ4v) is 3.56. The van der Waals surface area contributed by atoms with E-state index in [-0.39, 0.29) is 11.7 Å². The van der Waals surface area contributed by atoms with Crippen LogP contribution < -0.4 is 15.3 Å². The van der Waals surface area contributed by atoms with Crippen LogP contribution in [0.3, 0.4) is 0 Å². The summed E-state index contributed by atoms with van der Waals surface area (Å²) in [5, 5.41) is 2.35. The smallest absolute Gasteiger partial charge is 0.349 e. The van der Waals surface area contributed by atoms with Gasteiger partial charge in [-0.15, -0.1) is 11.3 Å². The molecule has 2 aromatic carbocycles. The normalized spacial score (nSPS) is 11.1. The highest BCUT2D eigenvalue weighted by Crippen LogP contribution is 2.30. The maximum Gasteiger partial charge on any atom is 0.349 e. The van der Waals surface area contributed by atoms with Crippen molar-refractivity contribution in [3.05, 3.63) is 76.5 Å². The van der Waals surface area contributed by atoms with Crippen LogP contribution in [0.1, 0.15) is 13.8 Å². The van der Waals surface area contributed by atoms with Crippen molar-refractivity contribution in [2.75, 3.05) is 4.90 Å². The van der Waals surface area contributed by atoms with Crippen molar-refractivity contribution >= 4 is 33.3 Å². The Morgan fingerprint density at radius 2 is 1.70 bits per heavy atom. The Balaban J connectivity index is 1.66. The van der Waals surface area contributed by atoms with Gasteiger partial charge < -0.3 is 9.15 Å². The summed E-state index contributed by atoms with van der Waals surface area (Å²) in [7, 11) is 0. The molecule has 27 heavy (non-hydrogen) atoms. The second-order valence-electron chi connectivity index (χ2n) is 6.30. The zero-order valence-electron chi connectivity index (χ0n) is 15.0. The number of rotatable bonds is 5. The summed E-state index contributed by atoms with van der Waals surface area (Å²) in [6, 6.07) is 19.3. The Hall–Kier alpha value is -3.12. The standard InChI is InChI=1S/C21H18N2O3S/c1-14(2)23(21-22-19-18(12-13-27-19)20(24)26-21)15-8-10-17(11-9-15)25-16-6-4-3-5-7-16/h3-14H,1-2H3. The van der Waals surface area contributed by atoms with Gasteiger partial charge in [0.15, 0.2) is 0 Å². The highest BCUT2D eigenvalue weighted by atomic mass is 32.1. The third kappa shape index (κ3) is 3.57. The molecule has 0 atom stereocenters. The lowest BCUT2D eigenvalue weighted by molar-refractivity contribution is 0.481. The van der Waals surface area contributed by atoms with Gasteiger partial charge in [0.25, 0.3) is 0 Å². The van der Waals surface area contributed by atoms with E-state index in [4.69, 9.17) is 9.15 Å². The Kier molecular flexibility index (Phi) is 4.64. The number of fused-ring (bicyclic) bond motifs is 1. The Morgan fingerprint density at radius 3 is 2.41 bits per heavy atom. The van der Waals surface area contributed by atoms with Gasteiger partial charge in [-0.2, -0.15) is 4.98 Å². The maximum atomic E-state index is 12.2. The minimum absolute atomic E-state index is 0.0546. The topological polar surface area (TPSA) is 55.6 Å². The van der Waals surface area contributed by atoms with Gasteiger partial charge >= 0.3 is 11.6 Å². The van der Waals surface area contributed by atoms with Gasteiger partial charge in [0.1, 0.15) is 16.3 Å². The number of hydrogen-bond acceptors (Lipinski definition) is 6. The Morgan fingerprint density at radius 1 is 1.00 bits per heavy atom. The summed E-state index contributed by atoms with van der Waals surface area (Å²) in [5.74, 6) is 1.51. The third-order valence-electron chi connectivity index (χ3n) is 4.06. The first-order valence-corrected chi connectivity index (χ1v) is 9.50. The van der Waals surface area contributed by atoms with Crippen molar-refractivity contribution in [2.24, 2.45) is 0 Å². The number of para-hydroxylation sites is 1. The van der Waals surface area contributed by atoms with Crippen LogP contribution in [0, 0.1) is 0 Å². The van der Waals surface area contributed by atoms with Gasteiger partial charge in [-0.05, 0) is 61.7 Å². The van der Waals surface area contributed by atoms with E-state index in [9.17, 15) is 4.79 Å². The zero-order valence-corrected chi connectivity index (χ0v) is 15.8. The molecule has 6 heteroatoms. The molecule has 0 saturated carbocycles. The molecule has 4 aromatic rings. The summed E-state index contributed by atoms with van der Waals surface area (Å²) in [6.45, 7) is 4.04. The van der Waals surface area contributed by atoms with Crippen molar-refractivity contribution < 1.29 is 9.15 Å². The minimum atomic E-state index is -0.370. The van der Waals surface area contributed by atoms with E-state index in [1.54, 1.807) is 6.07 Å². The predicted octanol–water partition coefficient (Wildman–Crippen LogP) is 5.59. The van der Waals surface area contributed by atoms with Gasteiger partial charge in [0.2, 0.25) is 0 Å². The van der Waals surface area contributed by atoms with Gasteiger partial charge in [0.05, 0.1) is 5.39 Å². The fourth-order valence-electron chi connectivity index (χ4n) is 2.82. The summed E-state index contributed by atoms with van der Waals surface area (Å²) >= 11 is 1.43. The lowest BCUT2D eigenvalue weighted by Crippen LogP contribution is -2.27. The zero-order chi connectivity index (χ0) is 18.8. The van der Waals surface area contributed by atoms with Crippen LogP contribution in [0.5, 0.6) is 11.5 Å². The predicted molar refractivity (Wildman–Crippen MR) is 108 cm³/mol. The highest BCUT2D eigenvalue weighted by Gasteiger charge is 2.19. The Labute approximate surface area is 160 Å². The van der Waals surface area contributed by atoms with Crippen LogP contribution in [0.2, 0.25) is 0 Å². The lowest BCUT2D eigenvalue weighted by atomic mass is 10.2. The van der Waals surface area contributed by atoms with E-state index in [0.29, 0.717) is 16.2 Å². The number of hydrogen-bond donors (Lipinski definition) is 0. The fraction of sp³-hybridized carbons (Fsp3) is 0.143. The first-order chi connectivity index (χ1) is 13.1. The van der Waals surface area contributed by atoms with Crippen molar-refractivity contribution in [1.29, 1.82) is 0 Å². The summed E-state index contributed by atoms with van der Waals surface area (Å²) < 4.78 is 11.3. The van der Waals surface area contributed by atoms with E-state index in [0.717, 1.165) is 17.2 Å². The average molecular weight is 378 g/mol. The molecule has 136 valence electrons. The van der Waals surface area contributed by atoms with Crippen molar-refractivity contribution in [1.82, 2.24) is 4.98 Å². The van der Waals surface area contributed by atoms with Gasteiger partial charge in [-0.3, -0.25) is 4.90 Å². The molecular formula is C21H18N2O3S. The van der Waals surface area contributed by atoms with Crippen LogP contribution in [-0.4, -0.2) is 11.0 Å². The van der Waals surface area contributed by atoms with Gasteiger partial charge in [-0.25, -0.2) is 4.79 Å². The molecule has 0 unspecified atom stereocenters. The SMILES string of the molecule is CC(C)N(c1ccc(Oc2ccccc2)cc1)c1nc2sccc2c(=O)o1. The molecule has 0 aliphatic heterocycles. The highest BCUT2D eigenvalue weighted by molar-refractivity contribution is 7.16. The second kappa shape index (κ2) is 7.25. The number of ether oxygens (including phenoxy) is 1. The van der Waals surface area contributed by atoms with Crippen molar-refractivity contribution in [2.45, 2.75) is 19.9 Å². The van der Waals surface area contributed by atoms with Crippen molar-refractivity contribution in [3.8, 4) is 11.5 Å². The molecule has 0 fully saturated rings. The van der Waals surface area contributed by atoms with E-state index in [2.05, 4.69) is 4.98 Å². The molecule has 0 N–H and O–H groups in total. The molecule has 0 saturated heterocycles. The summed E-state index contributed by atoms with van der Waals surface area (Å²) in [5.41, 5.74) is 0.503. The monoisotopic (exact) mass is 378 g/mol. The van der Waals surface area contributed by atoms with Gasteiger partial charge in [-0.1, -0.05) is 18.2 Å². The van der Waals surface area contributed by atoms with Crippen LogP contribution in [0.15, 0.2) is 75.3 Å². The molecular weight excluding hydrogens is 360 g/mol. The average Bonchev–Trinajstić information content (AvgIpc) is 3.13. The molecule has 0 aliphatic carbocycles. The third-order valence-corrected chi connectivity index (χ3v) is 4.87. The van der Waals surface area contributed by atoms with Crippen LogP contribution in [-0.2, 0) is 0 Å². The van der Waals surface area contributed by atoms with E-state index < -0.39 is 0 Å². The minimum Gasteiger partial charge on any atom is -0.457 e. The number of nitrogens with zero attached hydrogens (tertiary/aromatic N) is 2. The van der Waals surface area contributed by atoms with Crippen LogP contribution in [0.25, 0.3) is 10.2 Å². The second-order valence-corrected chi connectivity index (χ2v) is 7.19. The number of thiophene rings is 1. The van der Waals surface area contributed by atoms with Crippen LogP contribution in [0.4, 0.5) is 11.7 Å². The first-order valence-electron chi connectivity index (χ1n) is 8.62. The molecule has 0 bridgehead atoms. The molecule has 2 aromatic heterocycles. The molecule has 2 heterocycles. The molecule has 0 spiro atoms. The molecule has 0 radical (unpaired) electrons. The van der Waals surface area contributed by atoms with Gasteiger partial charge in [0, 0.05) is 11.7 Å². The summed E-state index contributed by atoms with van der Waals surface area (Å²) in [6.07, 6.45) is 0. The quantitative estimate of drug-likeness (QED) is 0.453. The van der Waals surface area contributed by atoms with Crippen molar-refractivity contribution in [3.63, 3.8) is 0 Å². The molecule has 0 aliphatic rings. The van der Waals surface area contributed by atoms with E-state index in [1.165, 1.54) is 11.3 Å². The maximum absolute atomic E-state index is 12.2. The number of benzene rings is 2. The van der Waals surface area contributed by atoms with E-state index >= 15 is 0 Å².